The number of aromatic nitrogens is 2. The first-order valence-electron chi connectivity index (χ1n) is 10.5. The molecule has 2 aromatic rings. The SMILES string of the molecule is CC1(O)C2CC3CC1CC([C@@H](O)CC1c4ccccc4-c4cncn41)(C3)C2. The highest BCUT2D eigenvalue weighted by molar-refractivity contribution is 5.68. The zero-order valence-corrected chi connectivity index (χ0v) is 15.9. The van der Waals surface area contributed by atoms with Crippen LogP contribution < -0.4 is 0 Å². The minimum absolute atomic E-state index is 0.00296. The van der Waals surface area contributed by atoms with E-state index in [1.54, 1.807) is 0 Å². The molecule has 0 spiro atoms. The highest BCUT2D eigenvalue weighted by atomic mass is 16.3. The molecule has 2 N–H and O–H groups in total. The molecule has 4 atom stereocenters. The van der Waals surface area contributed by atoms with Crippen molar-refractivity contribution in [1.82, 2.24) is 9.55 Å². The number of hydrogen-bond acceptors (Lipinski definition) is 3. The average molecular weight is 364 g/mol. The van der Waals surface area contributed by atoms with E-state index in [2.05, 4.69) is 33.8 Å². The van der Waals surface area contributed by atoms with Crippen LogP contribution in [0.4, 0.5) is 0 Å². The van der Waals surface area contributed by atoms with Crippen LogP contribution in [0.1, 0.15) is 57.1 Å². The predicted molar refractivity (Wildman–Crippen MR) is 103 cm³/mol. The van der Waals surface area contributed by atoms with Crippen molar-refractivity contribution in [2.75, 3.05) is 0 Å². The molecular weight excluding hydrogens is 336 g/mol. The topological polar surface area (TPSA) is 58.3 Å². The lowest BCUT2D eigenvalue weighted by Gasteiger charge is -2.64. The van der Waals surface area contributed by atoms with Gasteiger partial charge in [0.15, 0.2) is 0 Å². The number of aliphatic hydroxyl groups is 2. The number of fused-ring (bicyclic) bond motifs is 3. The number of benzene rings is 1. The minimum Gasteiger partial charge on any atom is -0.392 e. The molecule has 4 fully saturated rings. The van der Waals surface area contributed by atoms with Gasteiger partial charge in [0.05, 0.1) is 36.0 Å². The first-order valence-corrected chi connectivity index (χ1v) is 10.5. The molecule has 4 saturated carbocycles. The van der Waals surface area contributed by atoms with E-state index in [-0.39, 0.29) is 17.6 Å². The Morgan fingerprint density at radius 3 is 2.70 bits per heavy atom. The zero-order valence-electron chi connectivity index (χ0n) is 15.9. The van der Waals surface area contributed by atoms with Gasteiger partial charge in [0.2, 0.25) is 0 Å². The summed E-state index contributed by atoms with van der Waals surface area (Å²) in [7, 11) is 0. The largest absolute Gasteiger partial charge is 0.392 e. The van der Waals surface area contributed by atoms with Gasteiger partial charge in [-0.25, -0.2) is 4.98 Å². The van der Waals surface area contributed by atoms with E-state index in [0.29, 0.717) is 17.8 Å². The molecule has 7 rings (SSSR count). The summed E-state index contributed by atoms with van der Waals surface area (Å²) in [6.07, 6.45) is 9.68. The Bertz CT molecular complexity index is 883. The Morgan fingerprint density at radius 1 is 1.19 bits per heavy atom. The van der Waals surface area contributed by atoms with Crippen LogP contribution in [0.3, 0.4) is 0 Å². The van der Waals surface area contributed by atoms with Gasteiger partial charge in [-0.05, 0) is 74.2 Å². The van der Waals surface area contributed by atoms with Crippen LogP contribution in [-0.2, 0) is 0 Å². The van der Waals surface area contributed by atoms with E-state index in [0.717, 1.165) is 44.2 Å². The molecule has 0 saturated heterocycles. The Morgan fingerprint density at radius 2 is 1.93 bits per heavy atom. The maximum Gasteiger partial charge on any atom is 0.0956 e. The molecule has 4 bridgehead atoms. The fraction of sp³-hybridized carbons (Fsp3) is 0.609. The van der Waals surface area contributed by atoms with E-state index < -0.39 is 5.60 Å². The van der Waals surface area contributed by atoms with Crippen LogP contribution in [0.15, 0.2) is 36.8 Å². The van der Waals surface area contributed by atoms with Crippen LogP contribution in [-0.4, -0.2) is 31.5 Å². The van der Waals surface area contributed by atoms with Crippen molar-refractivity contribution in [2.45, 2.75) is 63.2 Å². The normalized spacial score (nSPS) is 42.2. The number of imidazole rings is 1. The maximum atomic E-state index is 11.5. The van der Waals surface area contributed by atoms with Crippen molar-refractivity contribution < 1.29 is 10.2 Å². The molecule has 1 aromatic carbocycles. The van der Waals surface area contributed by atoms with Gasteiger partial charge in [-0.3, -0.25) is 0 Å². The van der Waals surface area contributed by atoms with Crippen molar-refractivity contribution in [3.63, 3.8) is 0 Å². The predicted octanol–water partition coefficient (Wildman–Crippen LogP) is 3.78. The van der Waals surface area contributed by atoms with Crippen LogP contribution in [0.2, 0.25) is 0 Å². The smallest absolute Gasteiger partial charge is 0.0956 e. The Balaban J connectivity index is 1.33. The highest BCUT2D eigenvalue weighted by Crippen LogP contribution is 2.65. The average Bonchev–Trinajstić information content (AvgIpc) is 3.22. The lowest BCUT2D eigenvalue weighted by Crippen LogP contribution is -2.62. The number of nitrogens with zero attached hydrogens (tertiary/aromatic N) is 2. The fourth-order valence-electron chi connectivity index (χ4n) is 7.31. The molecule has 2 heterocycles. The van der Waals surface area contributed by atoms with Gasteiger partial charge in [0, 0.05) is 5.56 Å². The molecular formula is C23H28N2O2. The summed E-state index contributed by atoms with van der Waals surface area (Å²) < 4.78 is 2.24. The number of rotatable bonds is 3. The van der Waals surface area contributed by atoms with Crippen LogP contribution in [0.25, 0.3) is 11.3 Å². The van der Waals surface area contributed by atoms with Crippen LogP contribution in [0, 0.1) is 23.2 Å². The molecule has 0 amide bonds. The van der Waals surface area contributed by atoms with Gasteiger partial charge in [-0.2, -0.15) is 0 Å². The van der Waals surface area contributed by atoms with Crippen molar-refractivity contribution in [1.29, 1.82) is 0 Å². The van der Waals surface area contributed by atoms with Crippen molar-refractivity contribution in [3.05, 3.63) is 42.4 Å². The third-order valence-electron chi connectivity index (χ3n) is 8.64. The summed E-state index contributed by atoms with van der Waals surface area (Å²) in [5.41, 5.74) is 3.19. The number of hydrogen-bond donors (Lipinski definition) is 2. The summed E-state index contributed by atoms with van der Waals surface area (Å²) >= 11 is 0. The standard InChI is InChI=1S/C23H28N2O2/c1-22(27)15-6-14-7-16(22)11-23(9-14,10-15)21(26)8-19-17-4-2-3-5-18(17)20-12-24-13-25(19)20/h2-5,12-16,19,21,26-27H,6-11H2,1H3/t14?,15?,16?,19?,21-,22?,23?/m0/s1. The van der Waals surface area contributed by atoms with Crippen molar-refractivity contribution in [2.24, 2.45) is 23.2 Å². The molecule has 4 heteroatoms. The Labute approximate surface area is 160 Å². The monoisotopic (exact) mass is 364 g/mol. The summed E-state index contributed by atoms with van der Waals surface area (Å²) in [4.78, 5) is 4.36. The summed E-state index contributed by atoms with van der Waals surface area (Å²) in [6.45, 7) is 2.05. The third kappa shape index (κ3) is 2.09. The lowest BCUT2D eigenvalue weighted by atomic mass is 9.43. The van der Waals surface area contributed by atoms with Gasteiger partial charge in [-0.15, -0.1) is 0 Å². The second-order valence-electron chi connectivity index (χ2n) is 9.97. The second-order valence-corrected chi connectivity index (χ2v) is 9.97. The molecule has 4 nitrogen and oxygen atoms in total. The first kappa shape index (κ1) is 16.3. The first-order chi connectivity index (χ1) is 13.0. The fourth-order valence-corrected chi connectivity index (χ4v) is 7.31. The molecule has 1 aliphatic heterocycles. The molecule has 27 heavy (non-hydrogen) atoms. The molecule has 5 aliphatic rings. The molecule has 4 aliphatic carbocycles. The van der Waals surface area contributed by atoms with Crippen molar-refractivity contribution >= 4 is 0 Å². The third-order valence-corrected chi connectivity index (χ3v) is 8.64. The van der Waals surface area contributed by atoms with E-state index in [4.69, 9.17) is 0 Å². The molecule has 0 radical (unpaired) electrons. The van der Waals surface area contributed by atoms with E-state index in [1.165, 1.54) is 11.1 Å². The lowest BCUT2D eigenvalue weighted by molar-refractivity contribution is -0.217. The molecule has 142 valence electrons. The second kappa shape index (κ2) is 5.24. The van der Waals surface area contributed by atoms with Gasteiger partial charge in [0.1, 0.15) is 0 Å². The Hall–Kier alpha value is -1.65. The van der Waals surface area contributed by atoms with Gasteiger partial charge in [-0.1, -0.05) is 24.3 Å². The summed E-state index contributed by atoms with van der Waals surface area (Å²) in [6, 6.07) is 8.71. The summed E-state index contributed by atoms with van der Waals surface area (Å²) in [5, 5.41) is 22.5. The zero-order chi connectivity index (χ0) is 18.4. The van der Waals surface area contributed by atoms with Crippen LogP contribution >= 0.6 is 0 Å². The minimum atomic E-state index is -0.530. The van der Waals surface area contributed by atoms with E-state index in [9.17, 15) is 10.2 Å². The highest BCUT2D eigenvalue weighted by Gasteiger charge is 2.61. The summed E-state index contributed by atoms with van der Waals surface area (Å²) in [5.74, 6) is 1.41. The quantitative estimate of drug-likeness (QED) is 0.871. The van der Waals surface area contributed by atoms with E-state index in [1.807, 2.05) is 19.4 Å². The van der Waals surface area contributed by atoms with Crippen molar-refractivity contribution in [3.8, 4) is 11.3 Å². The maximum absolute atomic E-state index is 11.5. The van der Waals surface area contributed by atoms with Gasteiger partial charge in [0.25, 0.3) is 0 Å². The van der Waals surface area contributed by atoms with E-state index >= 15 is 0 Å². The molecule has 3 unspecified atom stereocenters. The molecule has 1 aromatic heterocycles. The van der Waals surface area contributed by atoms with Crippen LogP contribution in [0.5, 0.6) is 0 Å². The number of aliphatic hydroxyl groups excluding tert-OH is 1. The van der Waals surface area contributed by atoms with Gasteiger partial charge >= 0.3 is 0 Å². The van der Waals surface area contributed by atoms with Gasteiger partial charge < -0.3 is 14.8 Å². The Kier molecular flexibility index (Phi) is 3.16.